The van der Waals surface area contributed by atoms with Gasteiger partial charge in [0.25, 0.3) is 0 Å². The average Bonchev–Trinajstić information content (AvgIpc) is 3.00. The van der Waals surface area contributed by atoms with Gasteiger partial charge in [0.05, 0.1) is 30.1 Å². The molecule has 4 rings (SSSR count). The maximum atomic E-state index is 8.79. The van der Waals surface area contributed by atoms with Crippen molar-refractivity contribution >= 4 is 27.4 Å². The van der Waals surface area contributed by atoms with Crippen LogP contribution in [0.25, 0.3) is 10.2 Å². The van der Waals surface area contributed by atoms with Crippen LogP contribution in [0.3, 0.4) is 0 Å². The van der Waals surface area contributed by atoms with Crippen molar-refractivity contribution in [3.8, 4) is 11.8 Å². The molecule has 6 heteroatoms. The summed E-state index contributed by atoms with van der Waals surface area (Å²) in [6.45, 7) is 1.62. The smallest absolute Gasteiger partial charge is 0.141 e. The summed E-state index contributed by atoms with van der Waals surface area (Å²) in [5.74, 6) is 1.78. The van der Waals surface area contributed by atoms with Crippen LogP contribution in [0.1, 0.15) is 5.56 Å². The predicted molar refractivity (Wildman–Crippen MR) is 85.2 cm³/mol. The number of benzene rings is 1. The zero-order valence-corrected chi connectivity index (χ0v) is 12.5. The summed E-state index contributed by atoms with van der Waals surface area (Å²) in [6.07, 6.45) is 1.76. The van der Waals surface area contributed by atoms with Crippen LogP contribution in [0.5, 0.6) is 5.75 Å². The van der Waals surface area contributed by atoms with Crippen LogP contribution < -0.4 is 9.64 Å². The number of nitriles is 1. The molecule has 1 aliphatic rings. The normalized spacial score (nSPS) is 14.6. The Labute approximate surface area is 131 Å². The van der Waals surface area contributed by atoms with Crippen LogP contribution in [0.15, 0.2) is 42.0 Å². The number of anilines is 1. The molecule has 0 bridgehead atoms. The summed E-state index contributed by atoms with van der Waals surface area (Å²) in [4.78, 5) is 11.9. The van der Waals surface area contributed by atoms with Gasteiger partial charge in [0.1, 0.15) is 28.8 Å². The molecule has 5 nitrogen and oxygen atoms in total. The van der Waals surface area contributed by atoms with Crippen LogP contribution in [0, 0.1) is 11.3 Å². The molecule has 0 spiro atoms. The van der Waals surface area contributed by atoms with E-state index in [0.717, 1.165) is 34.9 Å². The van der Waals surface area contributed by atoms with E-state index in [-0.39, 0.29) is 6.10 Å². The first kappa shape index (κ1) is 13.0. The third kappa shape index (κ3) is 2.26. The lowest BCUT2D eigenvalue weighted by Crippen LogP contribution is -2.54. The molecule has 0 aliphatic carbocycles. The first-order valence-corrected chi connectivity index (χ1v) is 7.81. The number of ether oxygens (including phenoxy) is 1. The number of rotatable bonds is 3. The molecule has 108 valence electrons. The van der Waals surface area contributed by atoms with Gasteiger partial charge in [-0.05, 0) is 35.7 Å². The van der Waals surface area contributed by atoms with Gasteiger partial charge in [-0.25, -0.2) is 9.97 Å². The maximum Gasteiger partial charge on any atom is 0.141 e. The Kier molecular flexibility index (Phi) is 3.13. The fourth-order valence-corrected chi connectivity index (χ4v) is 3.24. The molecule has 22 heavy (non-hydrogen) atoms. The summed E-state index contributed by atoms with van der Waals surface area (Å²) in [5, 5.41) is 11.9. The first-order chi connectivity index (χ1) is 10.8. The van der Waals surface area contributed by atoms with Gasteiger partial charge in [0.2, 0.25) is 0 Å². The molecule has 1 saturated heterocycles. The number of aromatic nitrogens is 2. The Morgan fingerprint density at radius 1 is 1.18 bits per heavy atom. The van der Waals surface area contributed by atoms with Gasteiger partial charge in [-0.3, -0.25) is 0 Å². The SMILES string of the molecule is N#Cc1ccc(OC2CN(c3ncnc4sccc34)C2)cc1. The lowest BCUT2D eigenvalue weighted by molar-refractivity contribution is 0.167. The molecular weight excluding hydrogens is 296 g/mol. The van der Waals surface area contributed by atoms with Crippen LogP contribution in [0.4, 0.5) is 5.82 Å². The Bertz CT molecular complexity index is 846. The monoisotopic (exact) mass is 308 g/mol. The first-order valence-electron chi connectivity index (χ1n) is 6.93. The third-order valence-electron chi connectivity index (χ3n) is 3.67. The van der Waals surface area contributed by atoms with Crippen molar-refractivity contribution in [3.63, 3.8) is 0 Å². The fraction of sp³-hybridized carbons (Fsp3) is 0.188. The molecule has 0 atom stereocenters. The minimum Gasteiger partial charge on any atom is -0.487 e. The minimum absolute atomic E-state index is 0.150. The van der Waals surface area contributed by atoms with Crippen molar-refractivity contribution in [2.45, 2.75) is 6.10 Å². The molecule has 3 aromatic rings. The number of hydrogen-bond donors (Lipinski definition) is 0. The highest BCUT2D eigenvalue weighted by Gasteiger charge is 2.30. The lowest BCUT2D eigenvalue weighted by atomic mass is 10.1. The second-order valence-corrected chi connectivity index (χ2v) is 6.01. The molecule has 1 aromatic carbocycles. The highest BCUT2D eigenvalue weighted by atomic mass is 32.1. The van der Waals surface area contributed by atoms with Crippen molar-refractivity contribution in [1.29, 1.82) is 5.26 Å². The molecule has 0 N–H and O–H groups in total. The van der Waals surface area contributed by atoms with E-state index >= 15 is 0 Å². The van der Waals surface area contributed by atoms with Crippen molar-refractivity contribution in [2.24, 2.45) is 0 Å². The zero-order chi connectivity index (χ0) is 14.9. The van der Waals surface area contributed by atoms with E-state index in [2.05, 4.69) is 27.0 Å². The Morgan fingerprint density at radius 2 is 2.00 bits per heavy atom. The van der Waals surface area contributed by atoms with E-state index in [1.165, 1.54) is 0 Å². The van der Waals surface area contributed by atoms with Crippen molar-refractivity contribution in [1.82, 2.24) is 9.97 Å². The minimum atomic E-state index is 0.150. The highest BCUT2D eigenvalue weighted by molar-refractivity contribution is 7.16. The van der Waals surface area contributed by atoms with Gasteiger partial charge in [0.15, 0.2) is 0 Å². The van der Waals surface area contributed by atoms with Gasteiger partial charge in [-0.15, -0.1) is 11.3 Å². The molecule has 2 aromatic heterocycles. The molecule has 0 radical (unpaired) electrons. The summed E-state index contributed by atoms with van der Waals surface area (Å²) in [5.41, 5.74) is 0.642. The fourth-order valence-electron chi connectivity index (χ4n) is 2.52. The number of nitrogens with zero attached hydrogens (tertiary/aromatic N) is 4. The van der Waals surface area contributed by atoms with E-state index in [1.54, 1.807) is 29.8 Å². The van der Waals surface area contributed by atoms with Crippen molar-refractivity contribution in [3.05, 3.63) is 47.6 Å². The summed E-state index contributed by atoms with van der Waals surface area (Å²) < 4.78 is 5.90. The largest absolute Gasteiger partial charge is 0.487 e. The van der Waals surface area contributed by atoms with Crippen LogP contribution in [0.2, 0.25) is 0 Å². The van der Waals surface area contributed by atoms with Gasteiger partial charge in [0, 0.05) is 0 Å². The summed E-state index contributed by atoms with van der Waals surface area (Å²) in [6, 6.07) is 11.4. The average molecular weight is 308 g/mol. The molecular formula is C16H12N4OS. The zero-order valence-electron chi connectivity index (χ0n) is 11.6. The van der Waals surface area contributed by atoms with Crippen molar-refractivity contribution in [2.75, 3.05) is 18.0 Å². The Morgan fingerprint density at radius 3 is 2.77 bits per heavy atom. The Balaban J connectivity index is 1.43. The van der Waals surface area contributed by atoms with E-state index in [4.69, 9.17) is 10.00 Å². The number of fused-ring (bicyclic) bond motifs is 1. The molecule has 0 unspecified atom stereocenters. The van der Waals surface area contributed by atoms with E-state index in [0.29, 0.717) is 5.56 Å². The molecule has 0 saturated carbocycles. The molecule has 3 heterocycles. The van der Waals surface area contributed by atoms with Gasteiger partial charge >= 0.3 is 0 Å². The van der Waals surface area contributed by atoms with E-state index in [9.17, 15) is 0 Å². The van der Waals surface area contributed by atoms with Crippen LogP contribution in [-0.4, -0.2) is 29.2 Å². The second kappa shape index (κ2) is 5.28. The highest BCUT2D eigenvalue weighted by Crippen LogP contribution is 2.30. The second-order valence-electron chi connectivity index (χ2n) is 5.12. The maximum absolute atomic E-state index is 8.79. The summed E-state index contributed by atoms with van der Waals surface area (Å²) >= 11 is 1.62. The third-order valence-corrected chi connectivity index (χ3v) is 4.50. The van der Waals surface area contributed by atoms with Gasteiger partial charge in [-0.2, -0.15) is 5.26 Å². The van der Waals surface area contributed by atoms with Crippen LogP contribution >= 0.6 is 11.3 Å². The number of hydrogen-bond acceptors (Lipinski definition) is 6. The van der Waals surface area contributed by atoms with E-state index < -0.39 is 0 Å². The quantitative estimate of drug-likeness (QED) is 0.744. The molecule has 1 fully saturated rings. The summed E-state index contributed by atoms with van der Waals surface area (Å²) in [7, 11) is 0. The standard InChI is InChI=1S/C16H12N4OS/c17-7-11-1-3-12(4-2-11)21-13-8-20(9-13)15-14-5-6-22-16(14)19-10-18-15/h1-6,10,13H,8-9H2. The molecule has 0 amide bonds. The van der Waals surface area contributed by atoms with Gasteiger partial charge < -0.3 is 9.64 Å². The van der Waals surface area contributed by atoms with Crippen LogP contribution in [-0.2, 0) is 0 Å². The van der Waals surface area contributed by atoms with Crippen molar-refractivity contribution < 1.29 is 4.74 Å². The lowest BCUT2D eigenvalue weighted by Gasteiger charge is -2.40. The topological polar surface area (TPSA) is 62.0 Å². The Hall–Kier alpha value is -2.65. The predicted octanol–water partition coefficient (Wildman–Crippen LogP) is 2.83. The van der Waals surface area contributed by atoms with Gasteiger partial charge in [-0.1, -0.05) is 0 Å². The number of thiophene rings is 1. The molecule has 1 aliphatic heterocycles. The van der Waals surface area contributed by atoms with E-state index in [1.807, 2.05) is 17.5 Å².